The van der Waals surface area contributed by atoms with E-state index >= 15 is 0 Å². The zero-order valence-electron chi connectivity index (χ0n) is 17.5. The summed E-state index contributed by atoms with van der Waals surface area (Å²) in [6.45, 7) is 10.1. The Morgan fingerprint density at radius 3 is 2.72 bits per heavy atom. The van der Waals surface area contributed by atoms with Crippen molar-refractivity contribution in [3.63, 3.8) is 0 Å². The Bertz CT molecular complexity index is 991. The second kappa shape index (κ2) is 7.77. The Morgan fingerprint density at radius 2 is 1.86 bits per heavy atom. The van der Waals surface area contributed by atoms with Crippen LogP contribution in [-0.2, 0) is 6.54 Å². The van der Waals surface area contributed by atoms with E-state index in [4.69, 9.17) is 5.10 Å². The van der Waals surface area contributed by atoms with Crippen LogP contribution in [0.3, 0.4) is 0 Å². The first-order valence-corrected chi connectivity index (χ1v) is 10.9. The van der Waals surface area contributed by atoms with E-state index < -0.39 is 0 Å². The molecule has 5 rings (SSSR count). The molecule has 0 saturated carbocycles. The second-order valence-corrected chi connectivity index (χ2v) is 8.67. The van der Waals surface area contributed by atoms with Gasteiger partial charge in [0.2, 0.25) is 0 Å². The van der Waals surface area contributed by atoms with Crippen molar-refractivity contribution < 1.29 is 0 Å². The fraction of sp³-hybridized carbons (Fsp3) is 0.400. The number of benzene rings is 2. The largest absolute Gasteiger partial charge is 0.298 e. The number of piperazine rings is 1. The first-order chi connectivity index (χ1) is 14.2. The fourth-order valence-electron chi connectivity index (χ4n) is 4.89. The van der Waals surface area contributed by atoms with Crippen LogP contribution in [0.2, 0.25) is 0 Å². The van der Waals surface area contributed by atoms with Gasteiger partial charge in [-0.25, -0.2) is 4.68 Å². The van der Waals surface area contributed by atoms with E-state index in [0.717, 1.165) is 24.8 Å². The predicted molar refractivity (Wildman–Crippen MR) is 118 cm³/mol. The van der Waals surface area contributed by atoms with Gasteiger partial charge in [0.1, 0.15) is 0 Å². The average molecular weight is 387 g/mol. The maximum absolute atomic E-state index is 5.06. The molecule has 0 bridgehead atoms. The molecule has 0 N–H and O–H groups in total. The molecule has 150 valence electrons. The van der Waals surface area contributed by atoms with Crippen molar-refractivity contribution in [3.8, 4) is 16.9 Å². The lowest BCUT2D eigenvalue weighted by molar-refractivity contribution is 0.0995. The highest BCUT2D eigenvalue weighted by Crippen LogP contribution is 2.28. The lowest BCUT2D eigenvalue weighted by Gasteiger charge is -2.37. The molecule has 3 heterocycles. The summed E-state index contributed by atoms with van der Waals surface area (Å²) in [6.07, 6.45) is 4.97. The van der Waals surface area contributed by atoms with Gasteiger partial charge in [0.15, 0.2) is 0 Å². The zero-order valence-corrected chi connectivity index (χ0v) is 17.5. The summed E-state index contributed by atoms with van der Waals surface area (Å²) in [7, 11) is 0. The standard InChI is InChI=1S/C25H30N4/c1-19-10-11-20(2)24(15-19)29-17-22(25(26-29)21-7-4-3-5-8-21)16-27-13-14-28-12-6-9-23(28)18-27/h3-5,7-8,10-11,15,17,23H,6,9,12-14,16,18H2,1-2H3/t23-/m0/s1. The highest BCUT2D eigenvalue weighted by atomic mass is 15.3. The van der Waals surface area contributed by atoms with Gasteiger partial charge in [0, 0.05) is 49.5 Å². The number of rotatable bonds is 4. The molecule has 29 heavy (non-hydrogen) atoms. The number of nitrogens with zero attached hydrogens (tertiary/aromatic N) is 4. The molecule has 2 aliphatic rings. The summed E-state index contributed by atoms with van der Waals surface area (Å²) in [5.74, 6) is 0. The predicted octanol–water partition coefficient (Wildman–Crippen LogP) is 4.44. The van der Waals surface area contributed by atoms with Crippen LogP contribution in [0.4, 0.5) is 0 Å². The third-order valence-corrected chi connectivity index (χ3v) is 6.51. The Balaban J connectivity index is 1.49. The van der Waals surface area contributed by atoms with E-state index in [1.807, 2.05) is 0 Å². The van der Waals surface area contributed by atoms with E-state index in [-0.39, 0.29) is 0 Å². The van der Waals surface area contributed by atoms with Crippen molar-refractivity contribution in [2.45, 2.75) is 39.3 Å². The summed E-state index contributed by atoms with van der Waals surface area (Å²) < 4.78 is 2.09. The van der Waals surface area contributed by atoms with E-state index in [2.05, 4.69) is 83.1 Å². The molecule has 4 nitrogen and oxygen atoms in total. The Morgan fingerprint density at radius 1 is 1.00 bits per heavy atom. The van der Waals surface area contributed by atoms with E-state index in [1.165, 1.54) is 60.4 Å². The number of fused-ring (bicyclic) bond motifs is 1. The summed E-state index contributed by atoms with van der Waals surface area (Å²) in [6, 6.07) is 18.0. The lowest BCUT2D eigenvalue weighted by atomic mass is 10.1. The van der Waals surface area contributed by atoms with Crippen molar-refractivity contribution in [3.05, 3.63) is 71.4 Å². The van der Waals surface area contributed by atoms with Gasteiger partial charge in [-0.1, -0.05) is 42.5 Å². The Labute approximate surface area is 173 Å². The quantitative estimate of drug-likeness (QED) is 0.663. The van der Waals surface area contributed by atoms with Crippen LogP contribution in [0.15, 0.2) is 54.7 Å². The second-order valence-electron chi connectivity index (χ2n) is 8.67. The fourth-order valence-corrected chi connectivity index (χ4v) is 4.89. The van der Waals surface area contributed by atoms with Crippen LogP contribution in [-0.4, -0.2) is 51.8 Å². The number of aryl methyl sites for hydroxylation is 2. The van der Waals surface area contributed by atoms with Crippen molar-refractivity contribution in [2.24, 2.45) is 0 Å². The molecule has 2 saturated heterocycles. The van der Waals surface area contributed by atoms with Crippen LogP contribution >= 0.6 is 0 Å². The molecule has 2 aromatic carbocycles. The van der Waals surface area contributed by atoms with Gasteiger partial charge in [-0.05, 0) is 50.4 Å². The highest BCUT2D eigenvalue weighted by Gasteiger charge is 2.31. The highest BCUT2D eigenvalue weighted by molar-refractivity contribution is 5.63. The molecular weight excluding hydrogens is 356 g/mol. The van der Waals surface area contributed by atoms with E-state index in [1.54, 1.807) is 0 Å². The van der Waals surface area contributed by atoms with Crippen LogP contribution in [0.5, 0.6) is 0 Å². The molecule has 2 aliphatic heterocycles. The molecular formula is C25H30N4. The topological polar surface area (TPSA) is 24.3 Å². The molecule has 0 aliphatic carbocycles. The lowest BCUT2D eigenvalue weighted by Crippen LogP contribution is -2.49. The maximum atomic E-state index is 5.06. The van der Waals surface area contributed by atoms with Crippen molar-refractivity contribution in [1.82, 2.24) is 19.6 Å². The Kier molecular flexibility index (Phi) is 4.98. The monoisotopic (exact) mass is 386 g/mol. The number of hydrogen-bond donors (Lipinski definition) is 0. The minimum atomic E-state index is 0.748. The van der Waals surface area contributed by atoms with E-state index in [0.29, 0.717) is 0 Å². The molecule has 2 fully saturated rings. The normalized spacial score (nSPS) is 20.1. The number of aromatic nitrogens is 2. The average Bonchev–Trinajstić information content (AvgIpc) is 3.37. The molecule has 1 aromatic heterocycles. The van der Waals surface area contributed by atoms with Gasteiger partial charge in [-0.15, -0.1) is 0 Å². The van der Waals surface area contributed by atoms with Gasteiger partial charge < -0.3 is 0 Å². The van der Waals surface area contributed by atoms with Crippen molar-refractivity contribution in [2.75, 3.05) is 26.2 Å². The van der Waals surface area contributed by atoms with Gasteiger partial charge in [-0.3, -0.25) is 9.80 Å². The molecule has 3 aromatic rings. The summed E-state index contributed by atoms with van der Waals surface area (Å²) in [5.41, 5.74) is 7.33. The molecule has 1 atom stereocenters. The minimum absolute atomic E-state index is 0.748. The summed E-state index contributed by atoms with van der Waals surface area (Å²) >= 11 is 0. The minimum Gasteiger partial charge on any atom is -0.298 e. The van der Waals surface area contributed by atoms with Crippen LogP contribution < -0.4 is 0 Å². The SMILES string of the molecule is Cc1ccc(C)c(-n2cc(CN3CCN4CCC[C@H]4C3)c(-c3ccccc3)n2)c1. The third-order valence-electron chi connectivity index (χ3n) is 6.51. The first kappa shape index (κ1) is 18.6. The molecule has 0 unspecified atom stereocenters. The van der Waals surface area contributed by atoms with Crippen LogP contribution in [0, 0.1) is 13.8 Å². The maximum Gasteiger partial charge on any atom is 0.0972 e. The van der Waals surface area contributed by atoms with Crippen molar-refractivity contribution in [1.29, 1.82) is 0 Å². The van der Waals surface area contributed by atoms with Crippen molar-refractivity contribution >= 4 is 0 Å². The first-order valence-electron chi connectivity index (χ1n) is 10.9. The van der Waals surface area contributed by atoms with Gasteiger partial charge in [-0.2, -0.15) is 5.10 Å². The molecule has 0 spiro atoms. The Hall–Kier alpha value is -2.43. The third kappa shape index (κ3) is 3.75. The molecule has 4 heteroatoms. The van der Waals surface area contributed by atoms with E-state index in [9.17, 15) is 0 Å². The molecule has 0 amide bonds. The summed E-state index contributed by atoms with van der Waals surface area (Å²) in [5, 5.41) is 5.06. The summed E-state index contributed by atoms with van der Waals surface area (Å²) in [4.78, 5) is 5.30. The van der Waals surface area contributed by atoms with Crippen LogP contribution in [0.25, 0.3) is 16.9 Å². The zero-order chi connectivity index (χ0) is 19.8. The van der Waals surface area contributed by atoms with Crippen LogP contribution in [0.1, 0.15) is 29.5 Å². The van der Waals surface area contributed by atoms with Gasteiger partial charge in [0.05, 0.1) is 11.4 Å². The smallest absolute Gasteiger partial charge is 0.0972 e. The molecule has 0 radical (unpaired) electrons. The van der Waals surface area contributed by atoms with Gasteiger partial charge in [0.25, 0.3) is 0 Å². The van der Waals surface area contributed by atoms with Gasteiger partial charge >= 0.3 is 0 Å². The number of hydrogen-bond acceptors (Lipinski definition) is 3.